The van der Waals surface area contributed by atoms with Gasteiger partial charge in [-0.1, -0.05) is 18.2 Å². The number of ether oxygens (including phenoxy) is 2. The summed E-state index contributed by atoms with van der Waals surface area (Å²) in [5.41, 5.74) is 0. The van der Waals surface area contributed by atoms with Crippen LogP contribution in [-0.4, -0.2) is 80.3 Å². The van der Waals surface area contributed by atoms with Crippen molar-refractivity contribution >= 4 is 35.8 Å². The number of hydrogen-bond donors (Lipinski definition) is 1. The summed E-state index contributed by atoms with van der Waals surface area (Å²) in [5.74, 6) is 1.89. The molecule has 1 unspecified atom stereocenters. The van der Waals surface area contributed by atoms with Crippen molar-refractivity contribution in [3.8, 4) is 5.75 Å². The molecule has 0 bridgehead atoms. The van der Waals surface area contributed by atoms with Gasteiger partial charge >= 0.3 is 0 Å². The molecule has 0 aromatic heterocycles. The van der Waals surface area contributed by atoms with Gasteiger partial charge in [0, 0.05) is 39.3 Å². The summed E-state index contributed by atoms with van der Waals surface area (Å²) < 4.78 is 11.2. The third-order valence-corrected chi connectivity index (χ3v) is 4.80. The van der Waals surface area contributed by atoms with Gasteiger partial charge in [0.2, 0.25) is 0 Å². The van der Waals surface area contributed by atoms with E-state index >= 15 is 0 Å². The first kappa shape index (κ1) is 22.7. The van der Waals surface area contributed by atoms with Crippen molar-refractivity contribution in [2.24, 2.45) is 4.99 Å². The standard InChI is InChI=1S/C20H30N4O3.HI/c1-2-21-20(22-10-16-26-17-7-4-3-5-8-17)24-13-11-23(12-14-24)19(25)18-9-6-15-27-18;/h3-5,7-8,18H,2,6,9-16H2,1H3,(H,21,22);1H. The SMILES string of the molecule is CCNC(=NCCOc1ccccc1)N1CCN(C(=O)C2CCCO2)CC1.I. The summed E-state index contributed by atoms with van der Waals surface area (Å²) >= 11 is 0. The molecular formula is C20H31IN4O3. The van der Waals surface area contributed by atoms with Crippen molar-refractivity contribution in [2.45, 2.75) is 25.9 Å². The zero-order valence-electron chi connectivity index (χ0n) is 16.5. The van der Waals surface area contributed by atoms with Crippen molar-refractivity contribution in [1.29, 1.82) is 0 Å². The Morgan fingerprint density at radius 3 is 2.57 bits per heavy atom. The first-order valence-electron chi connectivity index (χ1n) is 9.89. The Morgan fingerprint density at radius 1 is 1.21 bits per heavy atom. The van der Waals surface area contributed by atoms with Crippen LogP contribution in [0.4, 0.5) is 0 Å². The summed E-state index contributed by atoms with van der Waals surface area (Å²) in [6.45, 7) is 7.70. The lowest BCUT2D eigenvalue weighted by molar-refractivity contribution is -0.142. The number of rotatable bonds is 6. The molecule has 8 heteroatoms. The maximum Gasteiger partial charge on any atom is 0.251 e. The van der Waals surface area contributed by atoms with E-state index < -0.39 is 0 Å². The largest absolute Gasteiger partial charge is 0.492 e. The molecule has 2 aliphatic rings. The van der Waals surface area contributed by atoms with E-state index in [2.05, 4.69) is 22.1 Å². The molecule has 1 amide bonds. The lowest BCUT2D eigenvalue weighted by Gasteiger charge is -2.37. The van der Waals surface area contributed by atoms with Gasteiger partial charge in [-0.25, -0.2) is 4.99 Å². The van der Waals surface area contributed by atoms with Crippen LogP contribution in [0, 0.1) is 0 Å². The Hall–Kier alpha value is -1.55. The molecule has 1 N–H and O–H groups in total. The lowest BCUT2D eigenvalue weighted by Crippen LogP contribution is -2.55. The Kier molecular flexibility index (Phi) is 9.83. The topological polar surface area (TPSA) is 66.4 Å². The third kappa shape index (κ3) is 6.51. The number of aliphatic imine (C=N–C) groups is 1. The van der Waals surface area contributed by atoms with Crippen LogP contribution >= 0.6 is 24.0 Å². The molecule has 1 atom stereocenters. The third-order valence-electron chi connectivity index (χ3n) is 4.80. The molecule has 0 saturated carbocycles. The fourth-order valence-electron chi connectivity index (χ4n) is 3.37. The zero-order valence-corrected chi connectivity index (χ0v) is 18.8. The minimum absolute atomic E-state index is 0. The first-order chi connectivity index (χ1) is 13.3. The number of para-hydroxylation sites is 1. The highest BCUT2D eigenvalue weighted by Crippen LogP contribution is 2.16. The minimum atomic E-state index is -0.228. The second-order valence-electron chi connectivity index (χ2n) is 6.71. The Bertz CT molecular complexity index is 615. The molecule has 1 aromatic rings. The summed E-state index contributed by atoms with van der Waals surface area (Å²) in [7, 11) is 0. The average Bonchev–Trinajstić information content (AvgIpc) is 3.26. The predicted octanol–water partition coefficient (Wildman–Crippen LogP) is 1.97. The van der Waals surface area contributed by atoms with Crippen LogP contribution in [0.15, 0.2) is 35.3 Å². The monoisotopic (exact) mass is 502 g/mol. The van der Waals surface area contributed by atoms with E-state index in [1.807, 2.05) is 35.2 Å². The van der Waals surface area contributed by atoms with E-state index in [0.717, 1.165) is 44.2 Å². The molecule has 156 valence electrons. The second-order valence-corrected chi connectivity index (χ2v) is 6.71. The number of piperazine rings is 1. The number of carbonyl (C=O) groups excluding carboxylic acids is 1. The molecule has 1 aromatic carbocycles. The number of amides is 1. The van der Waals surface area contributed by atoms with E-state index in [-0.39, 0.29) is 36.0 Å². The Balaban J connectivity index is 0.00000280. The molecule has 2 fully saturated rings. The highest BCUT2D eigenvalue weighted by molar-refractivity contribution is 14.0. The molecule has 2 saturated heterocycles. The van der Waals surface area contributed by atoms with Crippen molar-refractivity contribution < 1.29 is 14.3 Å². The summed E-state index contributed by atoms with van der Waals surface area (Å²) in [6, 6.07) is 9.77. The number of benzene rings is 1. The van der Waals surface area contributed by atoms with Gasteiger partial charge < -0.3 is 24.6 Å². The minimum Gasteiger partial charge on any atom is -0.492 e. The van der Waals surface area contributed by atoms with E-state index in [0.29, 0.717) is 32.8 Å². The highest BCUT2D eigenvalue weighted by atomic mass is 127. The van der Waals surface area contributed by atoms with Gasteiger partial charge in [0.1, 0.15) is 18.5 Å². The zero-order chi connectivity index (χ0) is 18.9. The van der Waals surface area contributed by atoms with Crippen LogP contribution in [0.25, 0.3) is 0 Å². The molecule has 0 spiro atoms. The molecule has 2 heterocycles. The maximum atomic E-state index is 12.5. The van der Waals surface area contributed by atoms with E-state index in [9.17, 15) is 4.79 Å². The summed E-state index contributed by atoms with van der Waals surface area (Å²) in [6.07, 6.45) is 1.61. The highest BCUT2D eigenvalue weighted by Gasteiger charge is 2.30. The predicted molar refractivity (Wildman–Crippen MR) is 120 cm³/mol. The number of nitrogens with zero attached hydrogens (tertiary/aromatic N) is 3. The fraction of sp³-hybridized carbons (Fsp3) is 0.600. The smallest absolute Gasteiger partial charge is 0.251 e. The van der Waals surface area contributed by atoms with Crippen LogP contribution in [0.3, 0.4) is 0 Å². The molecular weight excluding hydrogens is 471 g/mol. The van der Waals surface area contributed by atoms with Crippen molar-refractivity contribution in [3.05, 3.63) is 30.3 Å². The molecule has 0 aliphatic carbocycles. The number of halogens is 1. The van der Waals surface area contributed by atoms with Gasteiger partial charge in [0.05, 0.1) is 6.54 Å². The van der Waals surface area contributed by atoms with Crippen LogP contribution in [-0.2, 0) is 9.53 Å². The van der Waals surface area contributed by atoms with Gasteiger partial charge in [-0.3, -0.25) is 4.79 Å². The molecule has 3 rings (SSSR count). The van der Waals surface area contributed by atoms with Crippen molar-refractivity contribution in [1.82, 2.24) is 15.1 Å². The quantitative estimate of drug-likeness (QED) is 0.279. The lowest BCUT2D eigenvalue weighted by atomic mass is 10.2. The van der Waals surface area contributed by atoms with Crippen molar-refractivity contribution in [2.75, 3.05) is 52.5 Å². The molecule has 28 heavy (non-hydrogen) atoms. The Morgan fingerprint density at radius 2 is 1.93 bits per heavy atom. The molecule has 2 aliphatic heterocycles. The van der Waals surface area contributed by atoms with Crippen LogP contribution in [0.2, 0.25) is 0 Å². The average molecular weight is 502 g/mol. The van der Waals surface area contributed by atoms with Crippen LogP contribution < -0.4 is 10.1 Å². The first-order valence-corrected chi connectivity index (χ1v) is 9.89. The maximum absolute atomic E-state index is 12.5. The fourth-order valence-corrected chi connectivity index (χ4v) is 3.37. The molecule has 0 radical (unpaired) electrons. The Labute approximate surface area is 184 Å². The summed E-state index contributed by atoms with van der Waals surface area (Å²) in [5, 5.41) is 3.34. The van der Waals surface area contributed by atoms with Crippen LogP contribution in [0.1, 0.15) is 19.8 Å². The number of guanidine groups is 1. The van der Waals surface area contributed by atoms with Gasteiger partial charge in [-0.2, -0.15) is 0 Å². The van der Waals surface area contributed by atoms with Gasteiger partial charge in [-0.05, 0) is 31.9 Å². The molecule has 7 nitrogen and oxygen atoms in total. The van der Waals surface area contributed by atoms with Crippen molar-refractivity contribution in [3.63, 3.8) is 0 Å². The summed E-state index contributed by atoms with van der Waals surface area (Å²) in [4.78, 5) is 21.3. The van der Waals surface area contributed by atoms with E-state index in [4.69, 9.17) is 9.47 Å². The number of hydrogen-bond acceptors (Lipinski definition) is 4. The second kappa shape index (κ2) is 12.1. The normalized spacial score (nSPS) is 19.9. The van der Waals surface area contributed by atoms with E-state index in [1.165, 1.54) is 0 Å². The van der Waals surface area contributed by atoms with Gasteiger partial charge in [0.25, 0.3) is 5.91 Å². The van der Waals surface area contributed by atoms with Crippen LogP contribution in [0.5, 0.6) is 5.75 Å². The van der Waals surface area contributed by atoms with Gasteiger partial charge in [0.15, 0.2) is 5.96 Å². The van der Waals surface area contributed by atoms with Gasteiger partial charge in [-0.15, -0.1) is 24.0 Å². The van der Waals surface area contributed by atoms with E-state index in [1.54, 1.807) is 0 Å². The number of nitrogens with one attached hydrogen (secondary N) is 1. The number of carbonyl (C=O) groups is 1.